The quantitative estimate of drug-likeness (QED) is 0.875. The number of aromatic nitrogens is 2. The predicted octanol–water partition coefficient (Wildman–Crippen LogP) is 3.33. The number of para-hydroxylation sites is 2. The van der Waals surface area contributed by atoms with Crippen molar-refractivity contribution in [2.75, 3.05) is 6.54 Å². The van der Waals surface area contributed by atoms with Crippen LogP contribution in [0.4, 0.5) is 0 Å². The van der Waals surface area contributed by atoms with Crippen molar-refractivity contribution in [3.05, 3.63) is 36.2 Å². The molecule has 2 unspecified atom stereocenters. The SMILES string of the molecule is CCNC(c1cnc2ccccc2n1)C(C)CC. The first-order valence-corrected chi connectivity index (χ1v) is 6.71. The lowest BCUT2D eigenvalue weighted by Gasteiger charge is -2.23. The summed E-state index contributed by atoms with van der Waals surface area (Å²) in [4.78, 5) is 9.24. The fourth-order valence-electron chi connectivity index (χ4n) is 2.17. The van der Waals surface area contributed by atoms with Crippen LogP contribution in [0.3, 0.4) is 0 Å². The summed E-state index contributed by atoms with van der Waals surface area (Å²) in [6.07, 6.45) is 3.04. The third-order valence-corrected chi connectivity index (χ3v) is 3.42. The highest BCUT2D eigenvalue weighted by Crippen LogP contribution is 2.23. The average Bonchev–Trinajstić information content (AvgIpc) is 2.43. The second-order valence-corrected chi connectivity index (χ2v) is 4.70. The first kappa shape index (κ1) is 13.0. The number of fused-ring (bicyclic) bond motifs is 1. The Morgan fingerprint density at radius 3 is 2.56 bits per heavy atom. The molecule has 0 spiro atoms. The Morgan fingerprint density at radius 1 is 1.17 bits per heavy atom. The van der Waals surface area contributed by atoms with Gasteiger partial charge in [-0.15, -0.1) is 0 Å². The Kier molecular flexibility index (Phi) is 4.26. The van der Waals surface area contributed by atoms with Gasteiger partial charge in [-0.1, -0.05) is 39.3 Å². The van der Waals surface area contributed by atoms with Crippen LogP contribution in [0.5, 0.6) is 0 Å². The van der Waals surface area contributed by atoms with Crippen LogP contribution in [0.25, 0.3) is 11.0 Å². The van der Waals surface area contributed by atoms with E-state index in [0.717, 1.165) is 29.7 Å². The van der Waals surface area contributed by atoms with Gasteiger partial charge in [0.2, 0.25) is 0 Å². The van der Waals surface area contributed by atoms with Crippen molar-refractivity contribution in [2.45, 2.75) is 33.2 Å². The molecule has 2 rings (SSSR count). The summed E-state index contributed by atoms with van der Waals surface area (Å²) in [5.74, 6) is 0.556. The molecule has 0 fully saturated rings. The molecule has 0 amide bonds. The molecule has 0 bridgehead atoms. The number of rotatable bonds is 5. The maximum atomic E-state index is 4.74. The van der Waals surface area contributed by atoms with Crippen LogP contribution in [0.15, 0.2) is 30.5 Å². The molecule has 1 N–H and O–H groups in total. The maximum absolute atomic E-state index is 4.74. The van der Waals surface area contributed by atoms with Crippen molar-refractivity contribution in [1.82, 2.24) is 15.3 Å². The minimum Gasteiger partial charge on any atom is -0.309 e. The molecule has 0 radical (unpaired) electrons. The van der Waals surface area contributed by atoms with Gasteiger partial charge < -0.3 is 5.32 Å². The summed E-state index contributed by atoms with van der Waals surface area (Å²) in [5, 5.41) is 3.51. The molecule has 2 atom stereocenters. The van der Waals surface area contributed by atoms with Gasteiger partial charge in [-0.25, -0.2) is 4.98 Å². The summed E-state index contributed by atoms with van der Waals surface area (Å²) in [5.41, 5.74) is 2.98. The lowest BCUT2D eigenvalue weighted by molar-refractivity contribution is 0.376. The Balaban J connectivity index is 2.37. The van der Waals surface area contributed by atoms with E-state index in [2.05, 4.69) is 31.1 Å². The molecule has 0 saturated heterocycles. The van der Waals surface area contributed by atoms with Gasteiger partial charge in [-0.05, 0) is 24.6 Å². The number of nitrogens with one attached hydrogen (secondary N) is 1. The van der Waals surface area contributed by atoms with Gasteiger partial charge in [0.25, 0.3) is 0 Å². The molecule has 1 heterocycles. The van der Waals surface area contributed by atoms with Crippen molar-refractivity contribution >= 4 is 11.0 Å². The van der Waals surface area contributed by atoms with E-state index in [1.54, 1.807) is 0 Å². The summed E-state index contributed by atoms with van der Waals surface area (Å²) in [6.45, 7) is 7.54. The minimum atomic E-state index is 0.289. The molecule has 0 aliphatic heterocycles. The van der Waals surface area contributed by atoms with E-state index in [1.165, 1.54) is 0 Å². The largest absolute Gasteiger partial charge is 0.309 e. The molecule has 0 aliphatic carbocycles. The first-order valence-electron chi connectivity index (χ1n) is 6.71. The monoisotopic (exact) mass is 243 g/mol. The van der Waals surface area contributed by atoms with Crippen LogP contribution < -0.4 is 5.32 Å². The summed E-state index contributed by atoms with van der Waals surface area (Å²) in [7, 11) is 0. The van der Waals surface area contributed by atoms with Gasteiger partial charge in [0.15, 0.2) is 0 Å². The number of benzene rings is 1. The van der Waals surface area contributed by atoms with Crippen molar-refractivity contribution in [2.24, 2.45) is 5.92 Å². The van der Waals surface area contributed by atoms with Gasteiger partial charge in [-0.3, -0.25) is 4.98 Å². The Bertz CT molecular complexity index is 510. The van der Waals surface area contributed by atoms with Crippen LogP contribution in [-0.4, -0.2) is 16.5 Å². The number of hydrogen-bond donors (Lipinski definition) is 1. The second-order valence-electron chi connectivity index (χ2n) is 4.70. The van der Waals surface area contributed by atoms with Gasteiger partial charge in [0.05, 0.1) is 29.0 Å². The van der Waals surface area contributed by atoms with E-state index in [1.807, 2.05) is 30.5 Å². The molecule has 0 aliphatic rings. The molecular formula is C15H21N3. The van der Waals surface area contributed by atoms with Gasteiger partial charge >= 0.3 is 0 Å². The van der Waals surface area contributed by atoms with E-state index >= 15 is 0 Å². The normalized spacial score (nSPS) is 14.6. The van der Waals surface area contributed by atoms with Crippen molar-refractivity contribution < 1.29 is 0 Å². The van der Waals surface area contributed by atoms with E-state index < -0.39 is 0 Å². The van der Waals surface area contributed by atoms with Crippen LogP contribution in [-0.2, 0) is 0 Å². The van der Waals surface area contributed by atoms with Crippen LogP contribution in [0.2, 0.25) is 0 Å². The number of hydrogen-bond acceptors (Lipinski definition) is 3. The zero-order valence-electron chi connectivity index (χ0n) is 11.4. The lowest BCUT2D eigenvalue weighted by atomic mass is 9.96. The van der Waals surface area contributed by atoms with Gasteiger partial charge in [-0.2, -0.15) is 0 Å². The molecule has 0 saturated carbocycles. The smallest absolute Gasteiger partial charge is 0.0890 e. The third-order valence-electron chi connectivity index (χ3n) is 3.42. The molecule has 1 aromatic heterocycles. The van der Waals surface area contributed by atoms with E-state index in [4.69, 9.17) is 4.98 Å². The first-order chi connectivity index (χ1) is 8.76. The van der Waals surface area contributed by atoms with Crippen molar-refractivity contribution in [3.8, 4) is 0 Å². The highest BCUT2D eigenvalue weighted by atomic mass is 15.0. The zero-order valence-corrected chi connectivity index (χ0v) is 11.4. The topological polar surface area (TPSA) is 37.8 Å². The average molecular weight is 243 g/mol. The highest BCUT2D eigenvalue weighted by Gasteiger charge is 2.18. The van der Waals surface area contributed by atoms with E-state index in [-0.39, 0.29) is 6.04 Å². The van der Waals surface area contributed by atoms with Gasteiger partial charge in [0, 0.05) is 0 Å². The zero-order chi connectivity index (χ0) is 13.0. The summed E-state index contributed by atoms with van der Waals surface area (Å²) in [6, 6.07) is 8.31. The highest BCUT2D eigenvalue weighted by molar-refractivity contribution is 5.73. The molecule has 18 heavy (non-hydrogen) atoms. The fourth-order valence-corrected chi connectivity index (χ4v) is 2.17. The maximum Gasteiger partial charge on any atom is 0.0890 e. The lowest BCUT2D eigenvalue weighted by Crippen LogP contribution is -2.27. The fraction of sp³-hybridized carbons (Fsp3) is 0.467. The molecule has 3 heteroatoms. The Labute approximate surface area is 109 Å². The Morgan fingerprint density at radius 2 is 1.89 bits per heavy atom. The van der Waals surface area contributed by atoms with Crippen LogP contribution in [0, 0.1) is 5.92 Å². The minimum absolute atomic E-state index is 0.289. The van der Waals surface area contributed by atoms with Crippen LogP contribution in [0.1, 0.15) is 38.9 Å². The molecule has 1 aromatic carbocycles. The molecule has 96 valence electrons. The van der Waals surface area contributed by atoms with E-state index in [9.17, 15) is 0 Å². The van der Waals surface area contributed by atoms with Gasteiger partial charge in [0.1, 0.15) is 0 Å². The number of nitrogens with zero attached hydrogens (tertiary/aromatic N) is 2. The molecular weight excluding hydrogens is 222 g/mol. The van der Waals surface area contributed by atoms with E-state index in [0.29, 0.717) is 5.92 Å². The van der Waals surface area contributed by atoms with Crippen molar-refractivity contribution in [3.63, 3.8) is 0 Å². The molecule has 3 nitrogen and oxygen atoms in total. The van der Waals surface area contributed by atoms with Crippen molar-refractivity contribution in [1.29, 1.82) is 0 Å². The Hall–Kier alpha value is -1.48. The summed E-state index contributed by atoms with van der Waals surface area (Å²) < 4.78 is 0. The molecule has 2 aromatic rings. The predicted molar refractivity (Wildman–Crippen MR) is 75.4 cm³/mol. The summed E-state index contributed by atoms with van der Waals surface area (Å²) >= 11 is 0. The van der Waals surface area contributed by atoms with Crippen LogP contribution >= 0.6 is 0 Å². The standard InChI is InChI=1S/C15H21N3/c1-4-11(3)15(16-5-2)14-10-17-12-8-6-7-9-13(12)18-14/h6-11,15-16H,4-5H2,1-3H3. The second kappa shape index (κ2) is 5.91. The third kappa shape index (κ3) is 2.67.